The minimum atomic E-state index is -0.286. The number of hydrogen-bond donors (Lipinski definition) is 3. The minimum Gasteiger partial charge on any atom is -0.396 e. The molecule has 0 saturated carbocycles. The van der Waals surface area contributed by atoms with E-state index < -0.39 is 0 Å². The first-order valence-corrected chi connectivity index (χ1v) is 5.36. The molecule has 1 amide bonds. The maximum Gasteiger partial charge on any atom is 0.263 e. The number of amides is 1. The van der Waals surface area contributed by atoms with Crippen molar-refractivity contribution in [1.82, 2.24) is 5.32 Å². The molecule has 16 heavy (non-hydrogen) atoms. The number of carbonyl (C=O) groups excluding carboxylic acids is 1. The molecule has 0 aromatic carbocycles. The Kier molecular flexibility index (Phi) is 3.91. The maximum absolute atomic E-state index is 11.5. The molecule has 84 valence electrons. The second kappa shape index (κ2) is 5.19. The summed E-state index contributed by atoms with van der Waals surface area (Å²) in [6.07, 6.45) is 1.66. The third-order valence-electron chi connectivity index (χ3n) is 1.90. The fourth-order valence-corrected chi connectivity index (χ4v) is 2.15. The number of nitrogens with two attached hydrogens (primary N) is 1. The van der Waals surface area contributed by atoms with Crippen LogP contribution >= 0.6 is 11.3 Å². The molecule has 0 aliphatic heterocycles. The Hall–Kier alpha value is -2.00. The monoisotopic (exact) mass is 236 g/mol. The summed E-state index contributed by atoms with van der Waals surface area (Å²) in [6.45, 7) is 4.08. The summed E-state index contributed by atoms with van der Waals surface area (Å²) in [7, 11) is 1.52. The zero-order chi connectivity index (χ0) is 12.1. The van der Waals surface area contributed by atoms with Crippen molar-refractivity contribution < 1.29 is 4.79 Å². The lowest BCUT2D eigenvalue weighted by Gasteiger charge is -1.98. The topological polar surface area (TPSA) is 90.9 Å². The molecular weight excluding hydrogens is 224 g/mol. The summed E-state index contributed by atoms with van der Waals surface area (Å²) in [4.78, 5) is 11.8. The molecule has 0 aliphatic rings. The molecule has 1 rings (SSSR count). The Morgan fingerprint density at radius 1 is 1.75 bits per heavy atom. The third kappa shape index (κ3) is 2.15. The molecule has 0 unspecified atom stereocenters. The van der Waals surface area contributed by atoms with Crippen LogP contribution in [0.5, 0.6) is 0 Å². The SMILES string of the molecule is C=CCNc1sc(C(=O)NC)c(N)c1C#N. The Morgan fingerprint density at radius 2 is 2.44 bits per heavy atom. The van der Waals surface area contributed by atoms with E-state index in [1.165, 1.54) is 7.05 Å². The molecule has 4 N–H and O–H groups in total. The third-order valence-corrected chi connectivity index (χ3v) is 3.06. The summed E-state index contributed by atoms with van der Waals surface area (Å²) in [5, 5.41) is 15.0. The molecule has 0 bridgehead atoms. The van der Waals surface area contributed by atoms with E-state index in [0.29, 0.717) is 22.0 Å². The van der Waals surface area contributed by atoms with Crippen molar-refractivity contribution in [2.75, 3.05) is 24.6 Å². The standard InChI is InChI=1S/C10H12N4OS/c1-3-4-14-10-6(5-11)7(12)8(16-10)9(15)13-2/h3,14H,1,4,12H2,2H3,(H,13,15). The number of nitrogens with one attached hydrogen (secondary N) is 2. The van der Waals surface area contributed by atoms with Gasteiger partial charge in [0.2, 0.25) is 0 Å². The molecular formula is C10H12N4OS. The maximum atomic E-state index is 11.5. The number of hydrogen-bond acceptors (Lipinski definition) is 5. The van der Waals surface area contributed by atoms with Gasteiger partial charge in [-0.1, -0.05) is 6.08 Å². The van der Waals surface area contributed by atoms with Gasteiger partial charge in [-0.15, -0.1) is 17.9 Å². The molecule has 5 nitrogen and oxygen atoms in total. The highest BCUT2D eigenvalue weighted by molar-refractivity contribution is 7.18. The highest BCUT2D eigenvalue weighted by atomic mass is 32.1. The van der Waals surface area contributed by atoms with Crippen molar-refractivity contribution in [3.63, 3.8) is 0 Å². The van der Waals surface area contributed by atoms with E-state index in [1.807, 2.05) is 6.07 Å². The van der Waals surface area contributed by atoms with Crippen molar-refractivity contribution in [2.45, 2.75) is 0 Å². The normalized spacial score (nSPS) is 9.25. The van der Waals surface area contributed by atoms with Crippen molar-refractivity contribution in [3.05, 3.63) is 23.1 Å². The van der Waals surface area contributed by atoms with Gasteiger partial charge in [0.1, 0.15) is 21.5 Å². The number of nitrogen functional groups attached to an aromatic ring is 1. The minimum absolute atomic E-state index is 0.221. The number of anilines is 2. The molecule has 1 heterocycles. The van der Waals surface area contributed by atoms with Crippen LogP contribution in [0.25, 0.3) is 0 Å². The lowest BCUT2D eigenvalue weighted by molar-refractivity contribution is 0.0968. The zero-order valence-electron chi connectivity index (χ0n) is 8.83. The molecule has 0 fully saturated rings. The van der Waals surface area contributed by atoms with Crippen LogP contribution in [-0.4, -0.2) is 19.5 Å². The van der Waals surface area contributed by atoms with Crippen LogP contribution in [-0.2, 0) is 0 Å². The van der Waals surface area contributed by atoms with Gasteiger partial charge in [0, 0.05) is 13.6 Å². The van der Waals surface area contributed by atoms with Crippen molar-refractivity contribution in [3.8, 4) is 6.07 Å². The fraction of sp³-hybridized carbons (Fsp3) is 0.200. The quantitative estimate of drug-likeness (QED) is 0.684. The highest BCUT2D eigenvalue weighted by Gasteiger charge is 2.19. The van der Waals surface area contributed by atoms with Gasteiger partial charge in [0.25, 0.3) is 5.91 Å². The van der Waals surface area contributed by atoms with Crippen molar-refractivity contribution in [2.24, 2.45) is 0 Å². The van der Waals surface area contributed by atoms with Crippen molar-refractivity contribution in [1.29, 1.82) is 5.26 Å². The van der Waals surface area contributed by atoms with Crippen LogP contribution < -0.4 is 16.4 Å². The molecule has 6 heteroatoms. The van der Waals surface area contributed by atoms with E-state index in [-0.39, 0.29) is 11.6 Å². The summed E-state index contributed by atoms with van der Waals surface area (Å²) in [5.41, 5.74) is 6.26. The summed E-state index contributed by atoms with van der Waals surface area (Å²) in [6, 6.07) is 1.98. The first-order chi connectivity index (χ1) is 7.65. The zero-order valence-corrected chi connectivity index (χ0v) is 9.65. The van der Waals surface area contributed by atoms with Gasteiger partial charge >= 0.3 is 0 Å². The number of nitriles is 1. The first-order valence-electron chi connectivity index (χ1n) is 4.54. The number of nitrogens with zero attached hydrogens (tertiary/aromatic N) is 1. The van der Waals surface area contributed by atoms with Crippen LogP contribution in [0, 0.1) is 11.3 Å². The predicted octanol–water partition coefficient (Wildman–Crippen LogP) is 1.16. The highest BCUT2D eigenvalue weighted by Crippen LogP contribution is 2.34. The fourth-order valence-electron chi connectivity index (χ4n) is 1.13. The van der Waals surface area contributed by atoms with Crippen LogP contribution in [0.3, 0.4) is 0 Å². The van der Waals surface area contributed by atoms with Crippen LogP contribution in [0.15, 0.2) is 12.7 Å². The van der Waals surface area contributed by atoms with Gasteiger partial charge in [-0.05, 0) is 0 Å². The summed E-state index contributed by atoms with van der Waals surface area (Å²) >= 11 is 1.16. The number of rotatable bonds is 4. The number of thiophene rings is 1. The average molecular weight is 236 g/mol. The molecule has 0 saturated heterocycles. The lowest BCUT2D eigenvalue weighted by Crippen LogP contribution is -2.17. The Morgan fingerprint density at radius 3 is 2.94 bits per heavy atom. The van der Waals surface area contributed by atoms with Gasteiger partial charge in [0.15, 0.2) is 0 Å². The van der Waals surface area contributed by atoms with E-state index in [4.69, 9.17) is 11.0 Å². The Bertz CT molecular complexity index is 458. The molecule has 0 spiro atoms. The van der Waals surface area contributed by atoms with E-state index >= 15 is 0 Å². The van der Waals surface area contributed by atoms with E-state index in [9.17, 15) is 4.79 Å². The smallest absolute Gasteiger partial charge is 0.263 e. The van der Waals surface area contributed by atoms with E-state index in [2.05, 4.69) is 17.2 Å². The average Bonchev–Trinajstić information content (AvgIpc) is 2.62. The molecule has 0 radical (unpaired) electrons. The van der Waals surface area contributed by atoms with Gasteiger partial charge in [0.05, 0.1) is 5.69 Å². The Balaban J connectivity index is 3.15. The first kappa shape index (κ1) is 12.1. The molecule has 1 aromatic rings. The van der Waals surface area contributed by atoms with Gasteiger partial charge in [-0.2, -0.15) is 5.26 Å². The number of carbonyl (C=O) groups is 1. The Labute approximate surface area is 97.6 Å². The second-order valence-corrected chi connectivity index (χ2v) is 3.93. The van der Waals surface area contributed by atoms with Crippen molar-refractivity contribution >= 4 is 27.9 Å². The molecule has 1 aromatic heterocycles. The lowest BCUT2D eigenvalue weighted by atomic mass is 10.2. The summed E-state index contributed by atoms with van der Waals surface area (Å²) in [5.74, 6) is -0.286. The summed E-state index contributed by atoms with van der Waals surface area (Å²) < 4.78 is 0. The van der Waals surface area contributed by atoms with Crippen LogP contribution in [0.4, 0.5) is 10.7 Å². The second-order valence-electron chi connectivity index (χ2n) is 2.91. The van der Waals surface area contributed by atoms with Crippen LogP contribution in [0.1, 0.15) is 15.2 Å². The molecule has 0 aliphatic carbocycles. The predicted molar refractivity (Wildman–Crippen MR) is 65.5 cm³/mol. The largest absolute Gasteiger partial charge is 0.396 e. The van der Waals surface area contributed by atoms with Gasteiger partial charge in [-0.3, -0.25) is 4.79 Å². The van der Waals surface area contributed by atoms with E-state index in [1.54, 1.807) is 6.08 Å². The van der Waals surface area contributed by atoms with E-state index in [0.717, 1.165) is 11.3 Å². The van der Waals surface area contributed by atoms with Gasteiger partial charge < -0.3 is 16.4 Å². The van der Waals surface area contributed by atoms with Crippen LogP contribution in [0.2, 0.25) is 0 Å². The molecule has 0 atom stereocenters. The van der Waals surface area contributed by atoms with Gasteiger partial charge in [-0.25, -0.2) is 0 Å².